The van der Waals surface area contributed by atoms with E-state index in [0.29, 0.717) is 12.5 Å². The number of nitrogens with one attached hydrogen (secondary N) is 2. The number of carbonyl (C=O) groups is 2. The lowest BCUT2D eigenvalue weighted by Crippen LogP contribution is -2.26. The smallest absolute Gasteiger partial charge is 0.254 e. The molecule has 2 amide bonds. The van der Waals surface area contributed by atoms with E-state index in [9.17, 15) is 18.4 Å². The van der Waals surface area contributed by atoms with Crippen molar-refractivity contribution in [2.75, 3.05) is 11.9 Å². The average Bonchev–Trinajstić information content (AvgIpc) is 2.50. The standard InChI is InChI=1S/C19H20F2N2O2/c1-12-8-13(2)10-15(9-12)23-18(24)4-3-7-22-19(25)16-6-5-14(20)11-17(16)21/h5-6,8-11H,3-4,7H2,1-2H3,(H,22,25)(H,23,24). The predicted molar refractivity (Wildman–Crippen MR) is 92.5 cm³/mol. The van der Waals surface area contributed by atoms with Gasteiger partial charge in [-0.1, -0.05) is 6.07 Å². The average molecular weight is 346 g/mol. The molecule has 0 radical (unpaired) electrons. The number of amides is 2. The highest BCUT2D eigenvalue weighted by molar-refractivity contribution is 5.94. The Morgan fingerprint density at radius 3 is 2.32 bits per heavy atom. The molecule has 0 aromatic heterocycles. The number of carbonyl (C=O) groups excluding carboxylic acids is 2. The van der Waals surface area contributed by atoms with E-state index in [4.69, 9.17) is 0 Å². The first kappa shape index (κ1) is 18.6. The number of hydrogen-bond donors (Lipinski definition) is 2. The van der Waals surface area contributed by atoms with Crippen LogP contribution >= 0.6 is 0 Å². The Morgan fingerprint density at radius 1 is 1.00 bits per heavy atom. The van der Waals surface area contributed by atoms with E-state index >= 15 is 0 Å². The molecule has 2 aromatic carbocycles. The van der Waals surface area contributed by atoms with Crippen LogP contribution in [0.1, 0.15) is 34.3 Å². The summed E-state index contributed by atoms with van der Waals surface area (Å²) >= 11 is 0. The Hall–Kier alpha value is -2.76. The number of benzene rings is 2. The van der Waals surface area contributed by atoms with Gasteiger partial charge in [0, 0.05) is 24.7 Å². The molecule has 0 saturated carbocycles. The molecule has 2 N–H and O–H groups in total. The Bertz CT molecular complexity index is 771. The second-order valence-electron chi connectivity index (χ2n) is 5.91. The lowest BCUT2D eigenvalue weighted by Gasteiger charge is -2.08. The zero-order chi connectivity index (χ0) is 18.4. The van der Waals surface area contributed by atoms with E-state index in [1.54, 1.807) is 0 Å². The quantitative estimate of drug-likeness (QED) is 0.783. The summed E-state index contributed by atoms with van der Waals surface area (Å²) in [6.45, 7) is 4.12. The largest absolute Gasteiger partial charge is 0.352 e. The van der Waals surface area contributed by atoms with Crippen LogP contribution in [0.5, 0.6) is 0 Å². The maximum atomic E-state index is 13.5. The summed E-state index contributed by atoms with van der Waals surface area (Å²) in [6.07, 6.45) is 0.629. The van der Waals surface area contributed by atoms with Gasteiger partial charge in [0.25, 0.3) is 5.91 Å². The Morgan fingerprint density at radius 2 is 1.68 bits per heavy atom. The minimum atomic E-state index is -0.912. The summed E-state index contributed by atoms with van der Waals surface area (Å²) in [5.74, 6) is -2.44. The van der Waals surface area contributed by atoms with Crippen LogP contribution < -0.4 is 10.6 Å². The normalized spacial score (nSPS) is 10.4. The van der Waals surface area contributed by atoms with Gasteiger partial charge in [-0.15, -0.1) is 0 Å². The van der Waals surface area contributed by atoms with Crippen LogP contribution in [0.4, 0.5) is 14.5 Å². The minimum Gasteiger partial charge on any atom is -0.352 e. The molecule has 6 heteroatoms. The fourth-order valence-corrected chi connectivity index (χ4v) is 2.49. The summed E-state index contributed by atoms with van der Waals surface area (Å²) in [5, 5.41) is 5.32. The maximum absolute atomic E-state index is 13.5. The molecule has 0 unspecified atom stereocenters. The van der Waals surface area contributed by atoms with Crippen LogP contribution in [0.15, 0.2) is 36.4 Å². The fraction of sp³-hybridized carbons (Fsp3) is 0.263. The molecule has 2 aromatic rings. The van der Waals surface area contributed by atoms with Crippen molar-refractivity contribution in [1.29, 1.82) is 0 Å². The highest BCUT2D eigenvalue weighted by atomic mass is 19.1. The summed E-state index contributed by atoms with van der Waals surface area (Å²) in [4.78, 5) is 23.7. The van der Waals surface area contributed by atoms with Crippen molar-refractivity contribution in [3.05, 3.63) is 64.7 Å². The van der Waals surface area contributed by atoms with Crippen molar-refractivity contribution in [2.45, 2.75) is 26.7 Å². The molecule has 2 rings (SSSR count). The fourth-order valence-electron chi connectivity index (χ4n) is 2.49. The van der Waals surface area contributed by atoms with Gasteiger partial charge in [0.1, 0.15) is 11.6 Å². The van der Waals surface area contributed by atoms with Crippen LogP contribution in [0.25, 0.3) is 0 Å². The van der Waals surface area contributed by atoms with Crippen LogP contribution in [-0.2, 0) is 4.79 Å². The van der Waals surface area contributed by atoms with Crippen molar-refractivity contribution in [2.24, 2.45) is 0 Å². The summed E-state index contributed by atoms with van der Waals surface area (Å²) in [7, 11) is 0. The highest BCUT2D eigenvalue weighted by Crippen LogP contribution is 2.14. The molecule has 0 aliphatic rings. The third-order valence-corrected chi connectivity index (χ3v) is 3.55. The van der Waals surface area contributed by atoms with Gasteiger partial charge in [-0.25, -0.2) is 8.78 Å². The number of aryl methyl sites for hydroxylation is 2. The molecular formula is C19H20F2N2O2. The third kappa shape index (κ3) is 5.67. The maximum Gasteiger partial charge on any atom is 0.254 e. The molecular weight excluding hydrogens is 326 g/mol. The predicted octanol–water partition coefficient (Wildman–Crippen LogP) is 3.73. The van der Waals surface area contributed by atoms with E-state index in [2.05, 4.69) is 10.6 Å². The molecule has 0 aliphatic heterocycles. The monoisotopic (exact) mass is 346 g/mol. The van der Waals surface area contributed by atoms with Crippen molar-refractivity contribution in [3.63, 3.8) is 0 Å². The zero-order valence-electron chi connectivity index (χ0n) is 14.2. The second-order valence-corrected chi connectivity index (χ2v) is 5.91. The first-order valence-electron chi connectivity index (χ1n) is 7.96. The molecule has 0 spiro atoms. The molecule has 0 atom stereocenters. The lowest BCUT2D eigenvalue weighted by molar-refractivity contribution is -0.116. The molecule has 4 nitrogen and oxygen atoms in total. The van der Waals surface area contributed by atoms with Gasteiger partial charge in [0.2, 0.25) is 5.91 Å². The molecule has 0 bridgehead atoms. The topological polar surface area (TPSA) is 58.2 Å². The Balaban J connectivity index is 1.76. The molecule has 0 fully saturated rings. The molecule has 25 heavy (non-hydrogen) atoms. The Kier molecular flexibility index (Phi) is 6.22. The number of hydrogen-bond acceptors (Lipinski definition) is 2. The zero-order valence-corrected chi connectivity index (χ0v) is 14.2. The van der Waals surface area contributed by atoms with Crippen molar-refractivity contribution in [1.82, 2.24) is 5.32 Å². The van der Waals surface area contributed by atoms with E-state index in [0.717, 1.165) is 28.9 Å². The first-order valence-corrected chi connectivity index (χ1v) is 7.96. The van der Waals surface area contributed by atoms with E-state index in [-0.39, 0.29) is 24.4 Å². The lowest BCUT2D eigenvalue weighted by atomic mass is 10.1. The van der Waals surface area contributed by atoms with E-state index in [1.165, 1.54) is 0 Å². The first-order chi connectivity index (χ1) is 11.8. The van der Waals surface area contributed by atoms with Crippen molar-refractivity contribution >= 4 is 17.5 Å². The van der Waals surface area contributed by atoms with Crippen LogP contribution in [0.2, 0.25) is 0 Å². The number of anilines is 1. The van der Waals surface area contributed by atoms with Crippen molar-refractivity contribution < 1.29 is 18.4 Å². The van der Waals surface area contributed by atoms with Gasteiger partial charge in [-0.05, 0) is 55.7 Å². The minimum absolute atomic E-state index is 0.160. The highest BCUT2D eigenvalue weighted by Gasteiger charge is 2.12. The summed E-state index contributed by atoms with van der Waals surface area (Å²) < 4.78 is 26.3. The molecule has 0 aliphatic carbocycles. The van der Waals surface area contributed by atoms with E-state index in [1.807, 2.05) is 32.0 Å². The Labute approximate surface area is 145 Å². The summed E-state index contributed by atoms with van der Waals surface area (Å²) in [5.41, 5.74) is 2.63. The van der Waals surface area contributed by atoms with E-state index < -0.39 is 17.5 Å². The molecule has 0 heterocycles. The third-order valence-electron chi connectivity index (χ3n) is 3.55. The van der Waals surface area contributed by atoms with Gasteiger partial charge < -0.3 is 10.6 Å². The van der Waals surface area contributed by atoms with Crippen LogP contribution in [-0.4, -0.2) is 18.4 Å². The van der Waals surface area contributed by atoms with Crippen LogP contribution in [0.3, 0.4) is 0 Å². The molecule has 132 valence electrons. The number of rotatable bonds is 6. The second kappa shape index (κ2) is 8.37. The van der Waals surface area contributed by atoms with Gasteiger partial charge >= 0.3 is 0 Å². The summed E-state index contributed by atoms with van der Waals surface area (Å²) in [6, 6.07) is 8.54. The van der Waals surface area contributed by atoms with Gasteiger partial charge in [0.15, 0.2) is 0 Å². The van der Waals surface area contributed by atoms with Gasteiger partial charge in [-0.2, -0.15) is 0 Å². The van der Waals surface area contributed by atoms with Gasteiger partial charge in [0.05, 0.1) is 5.56 Å². The SMILES string of the molecule is Cc1cc(C)cc(NC(=O)CCCNC(=O)c2ccc(F)cc2F)c1. The van der Waals surface area contributed by atoms with Gasteiger partial charge in [-0.3, -0.25) is 9.59 Å². The molecule has 0 saturated heterocycles. The van der Waals surface area contributed by atoms with Crippen LogP contribution in [0, 0.1) is 25.5 Å². The van der Waals surface area contributed by atoms with Crippen molar-refractivity contribution in [3.8, 4) is 0 Å². The number of halogens is 2.